The molecule has 3 aromatic rings. The lowest BCUT2D eigenvalue weighted by Crippen LogP contribution is -2.68. The first-order chi connectivity index (χ1) is 19.0. The second-order valence-corrected chi connectivity index (χ2v) is 15.5. The second kappa shape index (κ2) is 13.9. The van der Waals surface area contributed by atoms with Gasteiger partial charge in [0.25, 0.3) is 8.32 Å². The normalized spacial score (nSPS) is 14.3. The molecule has 3 rings (SSSR count). The molecule has 0 aromatic heterocycles. The van der Waals surface area contributed by atoms with Crippen molar-refractivity contribution in [3.05, 3.63) is 96.6 Å². The van der Waals surface area contributed by atoms with Crippen molar-refractivity contribution >= 4 is 30.6 Å². The number of esters is 1. The van der Waals surface area contributed by atoms with E-state index in [1.54, 1.807) is 18.9 Å². The van der Waals surface area contributed by atoms with Crippen LogP contribution in [0.2, 0.25) is 5.04 Å². The highest BCUT2D eigenvalue weighted by atomic mass is 28.4. The molecule has 0 aliphatic heterocycles. The molecule has 0 heterocycles. The number of hydrogen-bond acceptors (Lipinski definition) is 6. The van der Waals surface area contributed by atoms with Gasteiger partial charge in [-0.3, -0.25) is 9.69 Å². The fourth-order valence-corrected chi connectivity index (χ4v) is 9.87. The minimum atomic E-state index is -2.96. The third-order valence-electron chi connectivity index (χ3n) is 7.16. The van der Waals surface area contributed by atoms with Crippen molar-refractivity contribution in [2.75, 3.05) is 20.8 Å². The Morgan fingerprint density at radius 3 is 1.80 bits per heavy atom. The summed E-state index contributed by atoms with van der Waals surface area (Å²) < 4.78 is 12.0. The highest BCUT2D eigenvalue weighted by molar-refractivity contribution is 6.99. The van der Waals surface area contributed by atoms with E-state index in [0.717, 1.165) is 15.9 Å². The number of aliphatic hydroxyl groups excluding tert-OH is 1. The van der Waals surface area contributed by atoms with E-state index in [1.807, 2.05) is 66.7 Å². The summed E-state index contributed by atoms with van der Waals surface area (Å²) >= 11 is 0. The Hall–Kier alpha value is -3.30. The highest BCUT2D eigenvalue weighted by Crippen LogP contribution is 2.36. The van der Waals surface area contributed by atoms with Crippen molar-refractivity contribution in [3.8, 4) is 0 Å². The lowest BCUT2D eigenvalue weighted by molar-refractivity contribution is -0.147. The average molecular weight is 563 g/mol. The maximum absolute atomic E-state index is 13.5. The quantitative estimate of drug-likeness (QED) is 0.261. The predicted molar refractivity (Wildman–Crippen MR) is 161 cm³/mol. The highest BCUT2D eigenvalue weighted by Gasteiger charge is 2.50. The van der Waals surface area contributed by atoms with Gasteiger partial charge in [0.05, 0.1) is 19.8 Å². The molecule has 0 radical (unpaired) electrons. The van der Waals surface area contributed by atoms with Gasteiger partial charge in [0, 0.05) is 6.54 Å². The predicted octanol–water partition coefficient (Wildman–Crippen LogP) is 3.10. The summed E-state index contributed by atoms with van der Waals surface area (Å²) in [5.74, 6) is -1.09. The van der Waals surface area contributed by atoms with Gasteiger partial charge in [0.2, 0.25) is 5.91 Å². The summed E-state index contributed by atoms with van der Waals surface area (Å²) in [6.45, 7) is 8.37. The molecule has 0 aliphatic rings. The number of methoxy groups -OCH3 is 1. The largest absolute Gasteiger partial charge is 0.467 e. The number of rotatable bonds is 12. The van der Waals surface area contributed by atoms with E-state index >= 15 is 0 Å². The summed E-state index contributed by atoms with van der Waals surface area (Å²) in [6, 6.07) is 27.9. The molecule has 3 unspecified atom stereocenters. The van der Waals surface area contributed by atoms with Gasteiger partial charge in [0.15, 0.2) is 0 Å². The number of benzene rings is 3. The van der Waals surface area contributed by atoms with Gasteiger partial charge in [0.1, 0.15) is 12.1 Å². The number of nitrogens with one attached hydrogen (secondary N) is 1. The molecule has 8 heteroatoms. The molecular weight excluding hydrogens is 520 g/mol. The number of hydrogen-bond donors (Lipinski definition) is 2. The van der Waals surface area contributed by atoms with Gasteiger partial charge < -0.3 is 19.6 Å². The van der Waals surface area contributed by atoms with Gasteiger partial charge in [-0.15, -0.1) is 0 Å². The van der Waals surface area contributed by atoms with Gasteiger partial charge >= 0.3 is 5.97 Å². The van der Waals surface area contributed by atoms with E-state index in [1.165, 1.54) is 7.11 Å². The third-order valence-corrected chi connectivity index (χ3v) is 12.2. The number of nitrogens with zero attached hydrogens (tertiary/aromatic N) is 1. The van der Waals surface area contributed by atoms with Crippen molar-refractivity contribution in [2.45, 2.75) is 57.5 Å². The smallest absolute Gasteiger partial charge is 0.330 e. The summed E-state index contributed by atoms with van der Waals surface area (Å²) in [6.07, 6.45) is -0.982. The van der Waals surface area contributed by atoms with Gasteiger partial charge in [-0.05, 0) is 34.9 Å². The number of carbonyl (C=O) groups is 2. The second-order valence-electron chi connectivity index (χ2n) is 11.1. The van der Waals surface area contributed by atoms with Crippen LogP contribution in [0, 0.1) is 0 Å². The molecule has 0 spiro atoms. The van der Waals surface area contributed by atoms with Crippen LogP contribution >= 0.6 is 0 Å². The van der Waals surface area contributed by atoms with E-state index < -0.39 is 38.4 Å². The maximum Gasteiger partial charge on any atom is 0.330 e. The minimum absolute atomic E-state index is 0.0827. The molecule has 1 amide bonds. The Morgan fingerprint density at radius 1 is 0.900 bits per heavy atom. The Morgan fingerprint density at radius 2 is 1.38 bits per heavy atom. The number of carbonyl (C=O) groups excluding carboxylic acids is 2. The summed E-state index contributed by atoms with van der Waals surface area (Å²) in [5.41, 5.74) is 1.00. The molecule has 2 N–H and O–H groups in total. The van der Waals surface area contributed by atoms with Crippen LogP contribution < -0.4 is 15.7 Å². The number of amides is 1. The molecule has 0 bridgehead atoms. The number of ether oxygens (including phenoxy) is 1. The molecule has 214 valence electrons. The van der Waals surface area contributed by atoms with Gasteiger partial charge in [-0.2, -0.15) is 0 Å². The molecule has 3 aromatic carbocycles. The van der Waals surface area contributed by atoms with Crippen molar-refractivity contribution in [1.82, 2.24) is 10.2 Å². The van der Waals surface area contributed by atoms with Crippen molar-refractivity contribution in [2.24, 2.45) is 0 Å². The molecule has 0 aliphatic carbocycles. The van der Waals surface area contributed by atoms with Gasteiger partial charge in [-0.1, -0.05) is 112 Å². The fraction of sp³-hybridized carbons (Fsp3) is 0.375. The minimum Gasteiger partial charge on any atom is -0.467 e. The Kier molecular flexibility index (Phi) is 10.8. The first kappa shape index (κ1) is 31.2. The molecule has 0 fully saturated rings. The zero-order valence-electron chi connectivity index (χ0n) is 24.3. The molecule has 7 nitrogen and oxygen atoms in total. The monoisotopic (exact) mass is 562 g/mol. The van der Waals surface area contributed by atoms with Crippen LogP contribution in [-0.2, 0) is 25.3 Å². The standard InChI is InChI=1S/C32H42N2O5Si/c1-24(35)29(34(5)22-25-16-10-7-11-17-25)30(36)33-28(31(37)38-6)23-39-40(32(2,3)4,26-18-12-8-13-19-26)27-20-14-9-15-21-27/h7-21,24,28-29,35H,22-23H2,1-6H3,(H,33,36). The number of aliphatic hydroxyl groups is 1. The first-order valence-electron chi connectivity index (χ1n) is 13.6. The van der Waals surface area contributed by atoms with E-state index in [0.29, 0.717) is 6.54 Å². The Labute approximate surface area is 239 Å². The Balaban J connectivity index is 1.92. The van der Waals surface area contributed by atoms with Crippen LogP contribution in [0.3, 0.4) is 0 Å². The summed E-state index contributed by atoms with van der Waals surface area (Å²) in [7, 11) is 0.101. The van der Waals surface area contributed by atoms with Crippen LogP contribution in [0.4, 0.5) is 0 Å². The lowest BCUT2D eigenvalue weighted by atomic mass is 10.1. The third kappa shape index (κ3) is 7.25. The van der Waals surface area contributed by atoms with E-state index in [9.17, 15) is 14.7 Å². The number of likely N-dealkylation sites (N-methyl/N-ethyl adjacent to an activating group) is 1. The average Bonchev–Trinajstić information content (AvgIpc) is 2.93. The van der Waals surface area contributed by atoms with E-state index in [4.69, 9.17) is 9.16 Å². The summed E-state index contributed by atoms with van der Waals surface area (Å²) in [4.78, 5) is 28.3. The molecule has 40 heavy (non-hydrogen) atoms. The molecule has 0 saturated heterocycles. The molecule has 0 saturated carbocycles. The summed E-state index contributed by atoms with van der Waals surface area (Å²) in [5, 5.41) is 15.2. The van der Waals surface area contributed by atoms with Crippen LogP contribution in [0.15, 0.2) is 91.0 Å². The van der Waals surface area contributed by atoms with Crippen molar-refractivity contribution in [1.29, 1.82) is 0 Å². The van der Waals surface area contributed by atoms with E-state index in [2.05, 4.69) is 50.4 Å². The fourth-order valence-electron chi connectivity index (χ4n) is 5.30. The first-order valence-corrected chi connectivity index (χ1v) is 15.5. The van der Waals surface area contributed by atoms with Crippen LogP contribution in [-0.4, -0.2) is 69.2 Å². The van der Waals surface area contributed by atoms with Crippen molar-refractivity contribution < 1.29 is 23.9 Å². The molecule has 3 atom stereocenters. The molecular formula is C32H42N2O5Si. The van der Waals surface area contributed by atoms with Crippen LogP contribution in [0.1, 0.15) is 33.3 Å². The Bertz CT molecular complexity index is 1180. The zero-order valence-corrected chi connectivity index (χ0v) is 25.3. The van der Waals surface area contributed by atoms with Crippen molar-refractivity contribution in [3.63, 3.8) is 0 Å². The van der Waals surface area contributed by atoms with Gasteiger partial charge in [-0.25, -0.2) is 4.79 Å². The topological polar surface area (TPSA) is 88.1 Å². The SMILES string of the molecule is COC(=O)C(CO[Si](c1ccccc1)(c1ccccc1)C(C)(C)C)NC(=O)C(C(C)O)N(C)Cc1ccccc1. The van der Waals surface area contributed by atoms with E-state index in [-0.39, 0.29) is 11.6 Å². The van der Waals surface area contributed by atoms with Crippen LogP contribution in [0.5, 0.6) is 0 Å². The maximum atomic E-state index is 13.5. The van der Waals surface area contributed by atoms with Crippen LogP contribution in [0.25, 0.3) is 0 Å². The zero-order chi connectivity index (χ0) is 29.3. The lowest BCUT2D eigenvalue weighted by Gasteiger charge is -2.43.